The Morgan fingerprint density at radius 1 is 1.04 bits per heavy atom. The van der Waals surface area contributed by atoms with Crippen LogP contribution in [0.5, 0.6) is 0 Å². The van der Waals surface area contributed by atoms with Crippen molar-refractivity contribution >= 4 is 21.4 Å². The van der Waals surface area contributed by atoms with Crippen LogP contribution in [0, 0.1) is 13.8 Å². The summed E-state index contributed by atoms with van der Waals surface area (Å²) in [5.74, 6) is -0.0580. The summed E-state index contributed by atoms with van der Waals surface area (Å²) in [5.41, 5.74) is 3.85. The van der Waals surface area contributed by atoms with E-state index in [1.54, 1.807) is 19.1 Å². The highest BCUT2D eigenvalue weighted by molar-refractivity contribution is 7.90. The Morgan fingerprint density at radius 3 is 2.29 bits per heavy atom. The van der Waals surface area contributed by atoms with Crippen molar-refractivity contribution in [2.45, 2.75) is 38.0 Å². The molecule has 1 N–H and O–H groups in total. The summed E-state index contributed by atoms with van der Waals surface area (Å²) in [6.07, 6.45) is 3.24. The molecule has 0 heterocycles. The number of nitrogens with one attached hydrogen (secondary N) is 1. The van der Waals surface area contributed by atoms with E-state index in [0.717, 1.165) is 18.4 Å². The second-order valence-corrected chi connectivity index (χ2v) is 8.15. The number of benzene rings is 2. The normalized spacial score (nSPS) is 11.3. The first-order valence-electron chi connectivity index (χ1n) is 7.92. The lowest BCUT2D eigenvalue weighted by Crippen LogP contribution is -2.12. The largest absolute Gasteiger partial charge is 0.326 e. The van der Waals surface area contributed by atoms with E-state index < -0.39 is 9.84 Å². The van der Waals surface area contributed by atoms with Gasteiger partial charge in [-0.3, -0.25) is 4.79 Å². The molecule has 2 aromatic carbocycles. The summed E-state index contributed by atoms with van der Waals surface area (Å²) in [6.45, 7) is 3.84. The van der Waals surface area contributed by atoms with Crippen molar-refractivity contribution in [3.8, 4) is 0 Å². The predicted molar refractivity (Wildman–Crippen MR) is 97.0 cm³/mol. The van der Waals surface area contributed by atoms with Gasteiger partial charge in [-0.25, -0.2) is 8.42 Å². The monoisotopic (exact) mass is 345 g/mol. The molecule has 0 aromatic heterocycles. The van der Waals surface area contributed by atoms with Crippen LogP contribution in [-0.2, 0) is 21.1 Å². The van der Waals surface area contributed by atoms with Gasteiger partial charge in [0.25, 0.3) is 0 Å². The molecule has 0 aliphatic carbocycles. The smallest absolute Gasteiger partial charge is 0.224 e. The predicted octanol–water partition coefficient (Wildman–Crippen LogP) is 3.67. The fourth-order valence-corrected chi connectivity index (χ4v) is 3.13. The van der Waals surface area contributed by atoms with E-state index in [4.69, 9.17) is 0 Å². The fraction of sp³-hybridized carbons (Fsp3) is 0.316. The number of anilines is 1. The van der Waals surface area contributed by atoms with Gasteiger partial charge in [0.15, 0.2) is 9.84 Å². The van der Waals surface area contributed by atoms with E-state index >= 15 is 0 Å². The number of amides is 1. The van der Waals surface area contributed by atoms with Gasteiger partial charge in [-0.15, -0.1) is 0 Å². The lowest BCUT2D eigenvalue weighted by Gasteiger charge is -2.10. The maximum absolute atomic E-state index is 12.1. The summed E-state index contributed by atoms with van der Waals surface area (Å²) in [4.78, 5) is 12.3. The van der Waals surface area contributed by atoms with E-state index in [-0.39, 0.29) is 10.8 Å². The minimum atomic E-state index is -3.23. The Balaban J connectivity index is 1.89. The third kappa shape index (κ3) is 5.20. The highest BCUT2D eigenvalue weighted by atomic mass is 32.2. The Hall–Kier alpha value is -2.14. The molecular weight excluding hydrogens is 322 g/mol. The summed E-state index contributed by atoms with van der Waals surface area (Å²) in [5, 5.41) is 2.85. The molecular formula is C19H23NO3S. The van der Waals surface area contributed by atoms with Crippen LogP contribution in [0.15, 0.2) is 47.4 Å². The Labute approximate surface area is 143 Å². The number of sulfone groups is 1. The Morgan fingerprint density at radius 2 is 1.71 bits per heavy atom. The molecule has 0 unspecified atom stereocenters. The van der Waals surface area contributed by atoms with Crippen molar-refractivity contribution in [3.05, 3.63) is 59.2 Å². The number of carbonyl (C=O) groups excluding carboxylic acids is 1. The van der Waals surface area contributed by atoms with Crippen molar-refractivity contribution in [1.82, 2.24) is 0 Å². The highest BCUT2D eigenvalue weighted by Gasteiger charge is 2.10. The lowest BCUT2D eigenvalue weighted by molar-refractivity contribution is -0.116. The molecule has 24 heavy (non-hydrogen) atoms. The second-order valence-electron chi connectivity index (χ2n) is 6.14. The van der Waals surface area contributed by atoms with Gasteiger partial charge < -0.3 is 5.32 Å². The van der Waals surface area contributed by atoms with Gasteiger partial charge in [-0.1, -0.05) is 29.8 Å². The summed E-state index contributed by atoms with van der Waals surface area (Å²) < 4.78 is 23.1. The first kappa shape index (κ1) is 18.2. The molecule has 0 fully saturated rings. The Kier molecular flexibility index (Phi) is 5.78. The topological polar surface area (TPSA) is 63.2 Å². The van der Waals surface area contributed by atoms with Gasteiger partial charge in [0.2, 0.25) is 5.91 Å². The molecule has 128 valence electrons. The van der Waals surface area contributed by atoms with E-state index in [9.17, 15) is 13.2 Å². The van der Waals surface area contributed by atoms with E-state index in [2.05, 4.69) is 36.5 Å². The lowest BCUT2D eigenvalue weighted by atomic mass is 10.1. The zero-order chi connectivity index (χ0) is 17.7. The van der Waals surface area contributed by atoms with Crippen LogP contribution in [0.2, 0.25) is 0 Å². The van der Waals surface area contributed by atoms with E-state index in [1.807, 2.05) is 0 Å². The molecule has 2 aromatic rings. The first-order valence-corrected chi connectivity index (χ1v) is 9.81. The average molecular weight is 345 g/mol. The maximum atomic E-state index is 12.1. The molecule has 0 spiro atoms. The van der Waals surface area contributed by atoms with Gasteiger partial charge in [0.05, 0.1) is 4.90 Å². The van der Waals surface area contributed by atoms with Crippen molar-refractivity contribution in [3.63, 3.8) is 0 Å². The molecule has 0 bridgehead atoms. The van der Waals surface area contributed by atoms with E-state index in [1.165, 1.54) is 23.4 Å². The molecule has 4 nitrogen and oxygen atoms in total. The van der Waals surface area contributed by atoms with Gasteiger partial charge in [-0.05, 0) is 56.0 Å². The number of carbonyl (C=O) groups is 1. The van der Waals surface area contributed by atoms with Crippen molar-refractivity contribution < 1.29 is 13.2 Å². The van der Waals surface area contributed by atoms with Crippen LogP contribution < -0.4 is 5.32 Å². The molecule has 5 heteroatoms. The SMILES string of the molecule is Cc1ccc(CCCC(=O)Nc2ccc(S(C)(=O)=O)cc2C)cc1. The van der Waals surface area contributed by atoms with Crippen molar-refractivity contribution in [2.24, 2.45) is 0 Å². The van der Waals surface area contributed by atoms with Crippen molar-refractivity contribution in [2.75, 3.05) is 11.6 Å². The van der Waals surface area contributed by atoms with Crippen LogP contribution in [0.25, 0.3) is 0 Å². The van der Waals surface area contributed by atoms with Gasteiger partial charge in [-0.2, -0.15) is 0 Å². The molecule has 0 aliphatic rings. The number of hydrogen-bond acceptors (Lipinski definition) is 3. The molecule has 0 aliphatic heterocycles. The molecule has 0 atom stereocenters. The van der Waals surface area contributed by atoms with Gasteiger partial charge in [0, 0.05) is 18.4 Å². The molecule has 1 amide bonds. The zero-order valence-corrected chi connectivity index (χ0v) is 15.1. The number of hydrogen-bond donors (Lipinski definition) is 1. The minimum absolute atomic E-state index is 0.0580. The number of rotatable bonds is 6. The number of aryl methyl sites for hydroxylation is 3. The quantitative estimate of drug-likeness (QED) is 0.869. The average Bonchev–Trinajstić information content (AvgIpc) is 2.50. The van der Waals surface area contributed by atoms with E-state index in [0.29, 0.717) is 12.1 Å². The molecule has 0 saturated carbocycles. The van der Waals surface area contributed by atoms with Crippen LogP contribution in [0.1, 0.15) is 29.5 Å². The summed E-state index contributed by atoms with van der Waals surface area (Å²) in [7, 11) is -3.23. The van der Waals surface area contributed by atoms with Crippen LogP contribution in [0.4, 0.5) is 5.69 Å². The highest BCUT2D eigenvalue weighted by Crippen LogP contribution is 2.20. The van der Waals surface area contributed by atoms with Crippen molar-refractivity contribution in [1.29, 1.82) is 0 Å². The third-order valence-electron chi connectivity index (χ3n) is 3.89. The molecule has 2 rings (SSSR count). The standard InChI is InChI=1S/C19H23NO3S/c1-14-7-9-16(10-8-14)5-4-6-19(21)20-18-12-11-17(13-15(18)2)24(3,22)23/h7-13H,4-6H2,1-3H3,(H,20,21). The molecule has 0 radical (unpaired) electrons. The fourth-order valence-electron chi connectivity index (χ4n) is 2.43. The molecule has 0 saturated heterocycles. The Bertz CT molecular complexity index is 824. The van der Waals surface area contributed by atoms with Gasteiger partial charge in [0.1, 0.15) is 0 Å². The first-order chi connectivity index (χ1) is 11.3. The van der Waals surface area contributed by atoms with Crippen LogP contribution in [-0.4, -0.2) is 20.6 Å². The summed E-state index contributed by atoms with van der Waals surface area (Å²) >= 11 is 0. The third-order valence-corrected chi connectivity index (χ3v) is 5.00. The maximum Gasteiger partial charge on any atom is 0.224 e. The van der Waals surface area contributed by atoms with Crippen LogP contribution >= 0.6 is 0 Å². The minimum Gasteiger partial charge on any atom is -0.326 e. The van der Waals surface area contributed by atoms with Crippen LogP contribution in [0.3, 0.4) is 0 Å². The zero-order valence-electron chi connectivity index (χ0n) is 14.3. The summed E-state index contributed by atoms with van der Waals surface area (Å²) in [6, 6.07) is 13.1. The van der Waals surface area contributed by atoms with Gasteiger partial charge >= 0.3 is 0 Å². The second kappa shape index (κ2) is 7.62.